The van der Waals surface area contributed by atoms with Crippen molar-refractivity contribution >= 4 is 17.8 Å². The van der Waals surface area contributed by atoms with Gasteiger partial charge in [-0.1, -0.05) is 79.8 Å². The van der Waals surface area contributed by atoms with Gasteiger partial charge < -0.3 is 15.5 Å². The fourth-order valence-corrected chi connectivity index (χ4v) is 2.65. The molecule has 0 aromatic rings. The van der Waals surface area contributed by atoms with Gasteiger partial charge in [-0.3, -0.25) is 9.59 Å². The summed E-state index contributed by atoms with van der Waals surface area (Å²) in [5.74, 6) is -2.71. The average Bonchev–Trinajstić information content (AvgIpc) is 2.77. The highest BCUT2D eigenvalue weighted by atomic mass is 16.4. The Morgan fingerprint density at radius 1 is 0.667 bits per heavy atom. The SMILES string of the molecule is CCC=CCC=CCC=CCC=CCC=CCC=CCCC(=O)NC(CCC(=O)O)C(=O)O. The largest absolute Gasteiger partial charge is 0.481 e. The summed E-state index contributed by atoms with van der Waals surface area (Å²) in [6, 6.07) is -1.17. The molecule has 0 aliphatic heterocycles. The number of carboxylic acids is 2. The van der Waals surface area contributed by atoms with Gasteiger partial charge in [0.2, 0.25) is 5.91 Å². The van der Waals surface area contributed by atoms with Crippen molar-refractivity contribution in [1.82, 2.24) is 5.32 Å². The van der Waals surface area contributed by atoms with E-state index >= 15 is 0 Å². The van der Waals surface area contributed by atoms with E-state index in [0.29, 0.717) is 6.42 Å². The van der Waals surface area contributed by atoms with Crippen LogP contribution in [0.3, 0.4) is 0 Å². The van der Waals surface area contributed by atoms with Gasteiger partial charge in [0.1, 0.15) is 6.04 Å². The summed E-state index contributed by atoms with van der Waals surface area (Å²) < 4.78 is 0. The van der Waals surface area contributed by atoms with E-state index in [1.165, 1.54) is 0 Å². The molecule has 0 fully saturated rings. The number of amides is 1. The second-order valence-corrected chi connectivity index (χ2v) is 7.34. The second-order valence-electron chi connectivity index (χ2n) is 7.34. The van der Waals surface area contributed by atoms with Gasteiger partial charge >= 0.3 is 11.9 Å². The van der Waals surface area contributed by atoms with Crippen molar-refractivity contribution < 1.29 is 24.6 Å². The lowest BCUT2D eigenvalue weighted by Crippen LogP contribution is -2.40. The van der Waals surface area contributed by atoms with E-state index in [0.717, 1.165) is 38.5 Å². The first-order valence-electron chi connectivity index (χ1n) is 11.6. The summed E-state index contributed by atoms with van der Waals surface area (Å²) in [6.07, 6.45) is 31.2. The van der Waals surface area contributed by atoms with Crippen LogP contribution in [0.4, 0.5) is 0 Å². The monoisotopic (exact) mass is 457 g/mol. The molecule has 182 valence electrons. The quantitative estimate of drug-likeness (QED) is 0.210. The number of nitrogens with one attached hydrogen (secondary N) is 1. The van der Waals surface area contributed by atoms with Crippen molar-refractivity contribution in [3.8, 4) is 0 Å². The molecule has 0 aromatic heterocycles. The minimum atomic E-state index is -1.22. The molecule has 1 amide bonds. The van der Waals surface area contributed by atoms with Crippen LogP contribution in [0.2, 0.25) is 0 Å². The van der Waals surface area contributed by atoms with Crippen LogP contribution in [0.25, 0.3) is 0 Å². The lowest BCUT2D eigenvalue weighted by Gasteiger charge is -2.12. The van der Waals surface area contributed by atoms with Crippen LogP contribution < -0.4 is 5.32 Å². The highest BCUT2D eigenvalue weighted by Gasteiger charge is 2.20. The highest BCUT2D eigenvalue weighted by Crippen LogP contribution is 2.01. The molecule has 33 heavy (non-hydrogen) atoms. The number of allylic oxidation sites excluding steroid dienone is 12. The predicted octanol–water partition coefficient (Wildman–Crippen LogP) is 5.90. The average molecular weight is 458 g/mol. The van der Waals surface area contributed by atoms with E-state index in [1.807, 2.05) is 12.2 Å². The predicted molar refractivity (Wildman–Crippen MR) is 134 cm³/mol. The van der Waals surface area contributed by atoms with Crippen molar-refractivity contribution in [2.75, 3.05) is 0 Å². The van der Waals surface area contributed by atoms with Crippen LogP contribution in [0.5, 0.6) is 0 Å². The molecule has 0 bridgehead atoms. The van der Waals surface area contributed by atoms with Crippen LogP contribution in [-0.4, -0.2) is 34.1 Å². The molecule has 0 rings (SSSR count). The van der Waals surface area contributed by atoms with Crippen LogP contribution in [0.15, 0.2) is 72.9 Å². The molecule has 0 spiro atoms. The van der Waals surface area contributed by atoms with E-state index in [9.17, 15) is 14.4 Å². The van der Waals surface area contributed by atoms with E-state index in [-0.39, 0.29) is 19.3 Å². The maximum atomic E-state index is 11.8. The fourth-order valence-electron chi connectivity index (χ4n) is 2.65. The number of aliphatic carboxylic acids is 2. The molecule has 0 aliphatic rings. The van der Waals surface area contributed by atoms with Crippen LogP contribution in [0.1, 0.15) is 71.1 Å². The molecule has 1 atom stereocenters. The smallest absolute Gasteiger partial charge is 0.326 e. The third kappa shape index (κ3) is 21.9. The Balaban J connectivity index is 3.82. The fraction of sp³-hybridized carbons (Fsp3) is 0.444. The normalized spacial score (nSPS) is 13.4. The minimum absolute atomic E-state index is 0.129. The zero-order valence-electron chi connectivity index (χ0n) is 19.7. The first kappa shape index (κ1) is 29.9. The highest BCUT2D eigenvalue weighted by molar-refractivity contribution is 5.84. The maximum absolute atomic E-state index is 11.8. The third-order valence-electron chi connectivity index (χ3n) is 4.41. The first-order chi connectivity index (χ1) is 16.0. The Labute approximate surface area is 198 Å². The van der Waals surface area contributed by atoms with Gasteiger partial charge in [-0.2, -0.15) is 0 Å². The molecule has 0 aliphatic carbocycles. The van der Waals surface area contributed by atoms with Crippen molar-refractivity contribution in [2.45, 2.75) is 77.2 Å². The van der Waals surface area contributed by atoms with Gasteiger partial charge in [0.25, 0.3) is 0 Å². The number of hydrogen-bond acceptors (Lipinski definition) is 3. The molecule has 1 unspecified atom stereocenters. The standard InChI is InChI=1S/C27H39NO5/c1-2-3-4-5-6-7-8-9-10-11-12-13-14-15-16-17-18-19-20-21-25(29)28-24(27(32)33)22-23-26(30)31/h3-4,6-7,9-10,12-13,15-16,18-19,24H,2,5,8,11,14,17,20-23H2,1H3,(H,28,29)(H,30,31)(H,32,33). The molecule has 6 heteroatoms. The molecular formula is C27H39NO5. The Kier molecular flexibility index (Phi) is 20.0. The number of hydrogen-bond donors (Lipinski definition) is 3. The zero-order chi connectivity index (χ0) is 24.6. The third-order valence-corrected chi connectivity index (χ3v) is 4.41. The number of rotatable bonds is 19. The molecule has 6 nitrogen and oxygen atoms in total. The maximum Gasteiger partial charge on any atom is 0.326 e. The molecule has 0 radical (unpaired) electrons. The van der Waals surface area contributed by atoms with Gasteiger partial charge in [0.05, 0.1) is 0 Å². The van der Waals surface area contributed by atoms with Gasteiger partial charge in [-0.05, 0) is 51.4 Å². The number of carboxylic acid groups (broad SMARTS) is 2. The van der Waals surface area contributed by atoms with E-state index in [2.05, 4.69) is 73.0 Å². The summed E-state index contributed by atoms with van der Waals surface area (Å²) >= 11 is 0. The summed E-state index contributed by atoms with van der Waals surface area (Å²) in [4.78, 5) is 33.4. The Morgan fingerprint density at radius 2 is 1.09 bits per heavy atom. The molecule has 0 saturated carbocycles. The summed E-state index contributed by atoms with van der Waals surface area (Å²) in [6.45, 7) is 2.13. The molecular weight excluding hydrogens is 418 g/mol. The van der Waals surface area contributed by atoms with E-state index in [1.54, 1.807) is 0 Å². The summed E-state index contributed by atoms with van der Waals surface area (Å²) in [5, 5.41) is 20.0. The van der Waals surface area contributed by atoms with Crippen LogP contribution in [0, 0.1) is 0 Å². The van der Waals surface area contributed by atoms with Crippen LogP contribution >= 0.6 is 0 Å². The Morgan fingerprint density at radius 3 is 1.48 bits per heavy atom. The Bertz CT molecular complexity index is 729. The van der Waals surface area contributed by atoms with Crippen molar-refractivity contribution in [3.05, 3.63) is 72.9 Å². The van der Waals surface area contributed by atoms with Gasteiger partial charge in [0.15, 0.2) is 0 Å². The lowest BCUT2D eigenvalue weighted by atomic mass is 10.1. The van der Waals surface area contributed by atoms with E-state index < -0.39 is 23.9 Å². The van der Waals surface area contributed by atoms with Crippen molar-refractivity contribution in [3.63, 3.8) is 0 Å². The molecule has 0 saturated heterocycles. The van der Waals surface area contributed by atoms with E-state index in [4.69, 9.17) is 10.2 Å². The molecule has 0 heterocycles. The van der Waals surface area contributed by atoms with Crippen molar-refractivity contribution in [2.24, 2.45) is 0 Å². The summed E-state index contributed by atoms with van der Waals surface area (Å²) in [5.41, 5.74) is 0. The van der Waals surface area contributed by atoms with Gasteiger partial charge in [0, 0.05) is 12.8 Å². The molecule has 3 N–H and O–H groups in total. The number of carbonyl (C=O) groups excluding carboxylic acids is 1. The van der Waals surface area contributed by atoms with Crippen LogP contribution in [-0.2, 0) is 14.4 Å². The molecule has 0 aromatic carbocycles. The van der Waals surface area contributed by atoms with Crippen molar-refractivity contribution in [1.29, 1.82) is 0 Å². The Hall–Kier alpha value is -3.15. The second kappa shape index (κ2) is 22.1. The first-order valence-corrected chi connectivity index (χ1v) is 11.6. The summed E-state index contributed by atoms with van der Waals surface area (Å²) in [7, 11) is 0. The van der Waals surface area contributed by atoms with Gasteiger partial charge in [-0.15, -0.1) is 0 Å². The zero-order valence-corrected chi connectivity index (χ0v) is 19.7. The lowest BCUT2D eigenvalue weighted by molar-refractivity contribution is -0.143. The minimum Gasteiger partial charge on any atom is -0.481 e. The topological polar surface area (TPSA) is 104 Å². The van der Waals surface area contributed by atoms with Gasteiger partial charge in [-0.25, -0.2) is 4.79 Å². The number of carbonyl (C=O) groups is 3.